The normalized spacial score (nSPS) is 7.25. The van der Waals surface area contributed by atoms with Crippen LogP contribution in [0.25, 0.3) is 0 Å². The van der Waals surface area contributed by atoms with Crippen molar-refractivity contribution in [1.29, 1.82) is 0 Å². The fourth-order valence-corrected chi connectivity index (χ4v) is 0.287. The van der Waals surface area contributed by atoms with Crippen molar-refractivity contribution in [3.8, 4) is 0 Å². The zero-order valence-corrected chi connectivity index (χ0v) is 8.11. The van der Waals surface area contributed by atoms with E-state index in [2.05, 4.69) is 5.32 Å². The van der Waals surface area contributed by atoms with Crippen molar-refractivity contribution in [1.82, 2.24) is 5.32 Å². The molecule has 0 aliphatic rings. The van der Waals surface area contributed by atoms with Crippen LogP contribution in [0.2, 0.25) is 0 Å². The Hall–Kier alpha value is 0.574. The molecule has 2 nitrogen and oxygen atoms in total. The van der Waals surface area contributed by atoms with Gasteiger partial charge in [-0.05, 0) is 0 Å². The van der Waals surface area contributed by atoms with Crippen molar-refractivity contribution in [3.63, 3.8) is 0 Å². The van der Waals surface area contributed by atoms with Crippen LogP contribution in [0.1, 0.15) is 13.3 Å². The summed E-state index contributed by atoms with van der Waals surface area (Å²) in [4.78, 5) is 10.3. The van der Waals surface area contributed by atoms with Crippen molar-refractivity contribution in [2.75, 3.05) is 7.05 Å². The Balaban J connectivity index is 0. The number of hydrogen-bond acceptors (Lipinski definition) is 1. The molecular formula is C5H10NOY-. The van der Waals surface area contributed by atoms with Gasteiger partial charge in [-0.1, -0.05) is 6.42 Å². The van der Waals surface area contributed by atoms with E-state index in [1.807, 2.05) is 13.3 Å². The fourth-order valence-electron chi connectivity index (χ4n) is 0.287. The van der Waals surface area contributed by atoms with Crippen LogP contribution in [0.3, 0.4) is 0 Å². The van der Waals surface area contributed by atoms with E-state index in [4.69, 9.17) is 0 Å². The topological polar surface area (TPSA) is 29.1 Å². The van der Waals surface area contributed by atoms with E-state index in [0.717, 1.165) is 0 Å². The average Bonchev–Trinajstić information content (AvgIpc) is 1.68. The molecule has 0 rings (SSSR count). The molecule has 0 fully saturated rings. The zero-order chi connectivity index (χ0) is 5.70. The molecule has 0 aliphatic heterocycles. The Bertz CT molecular complexity index is 65.4. The van der Waals surface area contributed by atoms with E-state index in [0.29, 0.717) is 6.42 Å². The molecule has 0 atom stereocenters. The van der Waals surface area contributed by atoms with Gasteiger partial charge in [0.2, 0.25) is 0 Å². The van der Waals surface area contributed by atoms with Gasteiger partial charge in [-0.2, -0.15) is 6.92 Å². The minimum absolute atomic E-state index is 0. The molecular weight excluding hydrogens is 179 g/mol. The van der Waals surface area contributed by atoms with Crippen LogP contribution in [0.5, 0.6) is 0 Å². The number of carbonyl (C=O) groups excluding carboxylic acids is 1. The third-order valence-electron chi connectivity index (χ3n) is 0.668. The molecule has 8 heavy (non-hydrogen) atoms. The van der Waals surface area contributed by atoms with E-state index in [9.17, 15) is 4.79 Å². The van der Waals surface area contributed by atoms with Crippen molar-refractivity contribution in [2.45, 2.75) is 13.3 Å². The Morgan fingerprint density at radius 1 is 1.75 bits per heavy atom. The minimum Gasteiger partial charge on any atom is -0.361 e. The first kappa shape index (κ1) is 11.4. The van der Waals surface area contributed by atoms with Gasteiger partial charge in [0.15, 0.2) is 5.91 Å². The summed E-state index contributed by atoms with van der Waals surface area (Å²) in [6.07, 6.45) is 2.34. The summed E-state index contributed by atoms with van der Waals surface area (Å²) in [7, 11) is 1.63. The molecule has 45 valence electrons. The molecule has 0 aliphatic carbocycles. The van der Waals surface area contributed by atoms with Gasteiger partial charge in [0.25, 0.3) is 0 Å². The van der Waals surface area contributed by atoms with Gasteiger partial charge in [0.05, 0.1) is 0 Å². The molecule has 0 aromatic rings. The van der Waals surface area contributed by atoms with Gasteiger partial charge >= 0.3 is 0 Å². The van der Waals surface area contributed by atoms with Crippen LogP contribution in [0.4, 0.5) is 0 Å². The molecule has 0 unspecified atom stereocenters. The molecule has 0 aromatic heterocycles. The van der Waals surface area contributed by atoms with Crippen molar-refractivity contribution >= 4 is 5.91 Å². The molecule has 0 aromatic carbocycles. The van der Waals surface area contributed by atoms with Crippen LogP contribution < -0.4 is 5.32 Å². The maximum absolute atomic E-state index is 10.3. The van der Waals surface area contributed by atoms with Crippen molar-refractivity contribution < 1.29 is 37.5 Å². The Morgan fingerprint density at radius 3 is 2.38 bits per heavy atom. The van der Waals surface area contributed by atoms with Crippen molar-refractivity contribution in [3.05, 3.63) is 6.42 Å². The van der Waals surface area contributed by atoms with E-state index >= 15 is 0 Å². The van der Waals surface area contributed by atoms with Gasteiger partial charge in [-0.3, -0.25) is 4.79 Å². The third kappa shape index (κ3) is 6.57. The molecule has 0 heterocycles. The SMILES string of the molecule is C[CH-]CC(=O)NC.[Y]. The number of carbonyl (C=O) groups is 1. The predicted octanol–water partition coefficient (Wildman–Crippen LogP) is 0.344. The minimum atomic E-state index is 0. The number of rotatable bonds is 2. The second-order valence-corrected chi connectivity index (χ2v) is 1.29. The molecule has 0 spiro atoms. The monoisotopic (exact) mass is 189 g/mol. The zero-order valence-electron chi connectivity index (χ0n) is 5.27. The summed E-state index contributed by atoms with van der Waals surface area (Å²) in [5.74, 6) is 0.0718. The molecule has 3 heteroatoms. The number of amides is 1. The van der Waals surface area contributed by atoms with Gasteiger partial charge in [0, 0.05) is 39.8 Å². The van der Waals surface area contributed by atoms with Crippen LogP contribution in [0, 0.1) is 6.42 Å². The summed E-state index contributed by atoms with van der Waals surface area (Å²) in [5, 5.41) is 2.50. The maximum atomic E-state index is 10.3. The second-order valence-electron chi connectivity index (χ2n) is 1.29. The first-order valence-corrected chi connectivity index (χ1v) is 2.29. The molecule has 0 bridgehead atoms. The molecule has 1 N–H and O–H groups in total. The predicted molar refractivity (Wildman–Crippen MR) is 28.7 cm³/mol. The van der Waals surface area contributed by atoms with E-state index in [1.165, 1.54) is 0 Å². The smallest absolute Gasteiger partial charge is 0.189 e. The standard InChI is InChI=1S/C5H10NO.Y/c1-3-4-5(7)6-2;/h3H,4H2,1-2H3,(H,6,7);/q-1;. The largest absolute Gasteiger partial charge is 0.361 e. The summed E-state index contributed by atoms with van der Waals surface area (Å²) in [6, 6.07) is 0. The second kappa shape index (κ2) is 7.57. The molecule has 0 saturated heterocycles. The Kier molecular flexibility index (Phi) is 10.8. The van der Waals surface area contributed by atoms with Crippen LogP contribution in [-0.2, 0) is 37.5 Å². The maximum Gasteiger partial charge on any atom is 0.189 e. The number of hydrogen-bond donors (Lipinski definition) is 1. The van der Waals surface area contributed by atoms with Crippen LogP contribution >= 0.6 is 0 Å². The van der Waals surface area contributed by atoms with E-state index in [1.54, 1.807) is 7.05 Å². The van der Waals surface area contributed by atoms with Gasteiger partial charge in [-0.15, -0.1) is 0 Å². The van der Waals surface area contributed by atoms with E-state index < -0.39 is 0 Å². The van der Waals surface area contributed by atoms with Gasteiger partial charge < -0.3 is 11.7 Å². The molecule has 0 saturated carbocycles. The summed E-state index contributed by atoms with van der Waals surface area (Å²) >= 11 is 0. The third-order valence-corrected chi connectivity index (χ3v) is 0.668. The average molecular weight is 189 g/mol. The van der Waals surface area contributed by atoms with E-state index in [-0.39, 0.29) is 38.6 Å². The molecule has 1 radical (unpaired) electrons. The summed E-state index contributed by atoms with van der Waals surface area (Å²) in [5.41, 5.74) is 0. The van der Waals surface area contributed by atoms with Crippen molar-refractivity contribution in [2.24, 2.45) is 0 Å². The van der Waals surface area contributed by atoms with Crippen LogP contribution in [0.15, 0.2) is 0 Å². The first-order valence-electron chi connectivity index (χ1n) is 2.29. The summed E-state index contributed by atoms with van der Waals surface area (Å²) < 4.78 is 0. The quantitative estimate of drug-likeness (QED) is 0.623. The Morgan fingerprint density at radius 2 is 2.25 bits per heavy atom. The summed E-state index contributed by atoms with van der Waals surface area (Å²) in [6.45, 7) is 1.86. The Labute approximate surface area is 75.3 Å². The van der Waals surface area contributed by atoms with Crippen LogP contribution in [-0.4, -0.2) is 13.0 Å². The molecule has 1 amide bonds. The van der Waals surface area contributed by atoms with Gasteiger partial charge in [0.1, 0.15) is 0 Å². The fraction of sp³-hybridized carbons (Fsp3) is 0.600. The number of nitrogens with one attached hydrogen (secondary N) is 1. The van der Waals surface area contributed by atoms with Gasteiger partial charge in [-0.25, -0.2) is 0 Å². The first-order chi connectivity index (χ1) is 3.31.